The summed E-state index contributed by atoms with van der Waals surface area (Å²) in [5.41, 5.74) is 1.91. The first-order valence-corrected chi connectivity index (χ1v) is 10.7. The van der Waals surface area contributed by atoms with Gasteiger partial charge in [-0.3, -0.25) is 14.7 Å². The maximum absolute atomic E-state index is 13.0. The summed E-state index contributed by atoms with van der Waals surface area (Å²) in [6.07, 6.45) is -2.22. The van der Waals surface area contributed by atoms with Gasteiger partial charge in [-0.05, 0) is 48.7 Å². The predicted molar refractivity (Wildman–Crippen MR) is 117 cm³/mol. The quantitative estimate of drug-likeness (QED) is 0.514. The number of aromatic amines is 1. The molecule has 172 valence electrons. The Hall–Kier alpha value is -3.62. The molecule has 2 N–H and O–H groups in total. The predicted octanol–water partition coefficient (Wildman–Crippen LogP) is 4.50. The van der Waals surface area contributed by atoms with E-state index in [1.54, 1.807) is 36.4 Å². The van der Waals surface area contributed by atoms with Crippen LogP contribution < -0.4 is 5.32 Å². The molecule has 2 aromatic carbocycles. The minimum atomic E-state index is -4.42. The number of carbonyl (C=O) groups is 2. The first kappa shape index (κ1) is 22.6. The summed E-state index contributed by atoms with van der Waals surface area (Å²) in [5.74, 6) is -0.0319. The first-order valence-electron chi connectivity index (χ1n) is 10.7. The standard InChI is InChI=1S/C24H23F3N4O2/c25-24(26,27)19-5-1-4-18(14-19)21-15-20(29-30-21)16-7-9-17(10-8-16)23(33)28-11-3-13-31-12-2-6-22(31)32/h1,4-5,7-10,14-15H,2-3,6,11-13H2,(H,28,33)(H,29,30). The Balaban J connectivity index is 1.35. The summed E-state index contributed by atoms with van der Waals surface area (Å²) >= 11 is 0. The number of rotatable bonds is 7. The number of H-pyrrole nitrogens is 1. The van der Waals surface area contributed by atoms with E-state index in [1.165, 1.54) is 6.07 Å². The SMILES string of the molecule is O=C(NCCCN1CCCC1=O)c1ccc(-c2cc(-c3cccc(C(F)(F)F)c3)n[nH]2)cc1. The minimum Gasteiger partial charge on any atom is -0.352 e. The molecule has 3 aromatic rings. The molecule has 1 fully saturated rings. The van der Waals surface area contributed by atoms with Crippen molar-refractivity contribution >= 4 is 11.8 Å². The summed E-state index contributed by atoms with van der Waals surface area (Å²) in [6, 6.07) is 13.5. The van der Waals surface area contributed by atoms with E-state index in [-0.39, 0.29) is 11.8 Å². The zero-order chi connectivity index (χ0) is 23.4. The number of halogens is 3. The summed E-state index contributed by atoms with van der Waals surface area (Å²) in [6.45, 7) is 1.91. The summed E-state index contributed by atoms with van der Waals surface area (Å²) < 4.78 is 38.9. The Bertz CT molecular complexity index is 1140. The van der Waals surface area contributed by atoms with Gasteiger partial charge in [-0.2, -0.15) is 18.3 Å². The van der Waals surface area contributed by atoms with E-state index in [1.807, 2.05) is 4.90 Å². The summed E-state index contributed by atoms with van der Waals surface area (Å²) in [5, 5.41) is 9.82. The zero-order valence-electron chi connectivity index (χ0n) is 17.8. The molecule has 1 aromatic heterocycles. The van der Waals surface area contributed by atoms with Crippen LogP contribution in [0.5, 0.6) is 0 Å². The van der Waals surface area contributed by atoms with Crippen LogP contribution in [0.2, 0.25) is 0 Å². The Morgan fingerprint density at radius 3 is 2.58 bits per heavy atom. The number of nitrogens with zero attached hydrogens (tertiary/aromatic N) is 2. The van der Waals surface area contributed by atoms with Crippen molar-refractivity contribution < 1.29 is 22.8 Å². The Labute approximate surface area is 188 Å². The molecule has 1 aliphatic rings. The highest BCUT2D eigenvalue weighted by Crippen LogP contribution is 2.32. The van der Waals surface area contributed by atoms with E-state index >= 15 is 0 Å². The molecule has 33 heavy (non-hydrogen) atoms. The lowest BCUT2D eigenvalue weighted by Gasteiger charge is -2.15. The molecule has 9 heteroatoms. The van der Waals surface area contributed by atoms with E-state index in [2.05, 4.69) is 15.5 Å². The van der Waals surface area contributed by atoms with E-state index < -0.39 is 11.7 Å². The van der Waals surface area contributed by atoms with Crippen molar-refractivity contribution in [3.63, 3.8) is 0 Å². The van der Waals surface area contributed by atoms with Gasteiger partial charge in [-0.15, -0.1) is 0 Å². The van der Waals surface area contributed by atoms with E-state index in [0.29, 0.717) is 48.4 Å². The van der Waals surface area contributed by atoms with Crippen molar-refractivity contribution in [2.24, 2.45) is 0 Å². The topological polar surface area (TPSA) is 78.1 Å². The highest BCUT2D eigenvalue weighted by atomic mass is 19.4. The van der Waals surface area contributed by atoms with E-state index in [9.17, 15) is 22.8 Å². The molecule has 0 radical (unpaired) electrons. The number of aromatic nitrogens is 2. The average Bonchev–Trinajstić information content (AvgIpc) is 3.46. The van der Waals surface area contributed by atoms with Crippen LogP contribution in [0.4, 0.5) is 13.2 Å². The van der Waals surface area contributed by atoms with Crippen LogP contribution in [0.1, 0.15) is 35.2 Å². The fourth-order valence-electron chi connectivity index (χ4n) is 3.79. The van der Waals surface area contributed by atoms with Crippen molar-refractivity contribution in [2.45, 2.75) is 25.4 Å². The number of likely N-dealkylation sites (tertiary alicyclic amines) is 1. The second-order valence-electron chi connectivity index (χ2n) is 7.92. The Morgan fingerprint density at radius 2 is 1.88 bits per heavy atom. The third-order valence-electron chi connectivity index (χ3n) is 5.58. The highest BCUT2D eigenvalue weighted by molar-refractivity contribution is 5.94. The minimum absolute atomic E-state index is 0.173. The zero-order valence-corrected chi connectivity index (χ0v) is 17.8. The van der Waals surface area contributed by atoms with Crippen LogP contribution in [-0.4, -0.2) is 46.5 Å². The van der Waals surface area contributed by atoms with Crippen molar-refractivity contribution in [1.29, 1.82) is 0 Å². The van der Waals surface area contributed by atoms with Gasteiger partial charge in [0, 0.05) is 37.2 Å². The molecule has 4 rings (SSSR count). The smallest absolute Gasteiger partial charge is 0.352 e. The van der Waals surface area contributed by atoms with Gasteiger partial charge in [0.25, 0.3) is 5.91 Å². The van der Waals surface area contributed by atoms with Crippen LogP contribution in [0.25, 0.3) is 22.5 Å². The second-order valence-corrected chi connectivity index (χ2v) is 7.92. The van der Waals surface area contributed by atoms with Crippen LogP contribution >= 0.6 is 0 Å². The van der Waals surface area contributed by atoms with Gasteiger partial charge < -0.3 is 10.2 Å². The third-order valence-corrected chi connectivity index (χ3v) is 5.58. The molecule has 0 atom stereocenters. The number of carbonyl (C=O) groups excluding carboxylic acids is 2. The monoisotopic (exact) mass is 456 g/mol. The molecule has 1 aliphatic heterocycles. The largest absolute Gasteiger partial charge is 0.416 e. The molecule has 0 spiro atoms. The number of alkyl halides is 3. The lowest BCUT2D eigenvalue weighted by molar-refractivity contribution is -0.137. The molecule has 2 heterocycles. The van der Waals surface area contributed by atoms with Gasteiger partial charge in [0.05, 0.1) is 17.0 Å². The van der Waals surface area contributed by atoms with Crippen LogP contribution in [0, 0.1) is 0 Å². The lowest BCUT2D eigenvalue weighted by Crippen LogP contribution is -2.30. The number of amides is 2. The average molecular weight is 456 g/mol. The fraction of sp³-hybridized carbons (Fsp3) is 0.292. The Morgan fingerprint density at radius 1 is 1.09 bits per heavy atom. The molecule has 1 saturated heterocycles. The number of hydrogen-bond donors (Lipinski definition) is 2. The summed E-state index contributed by atoms with van der Waals surface area (Å²) in [4.78, 5) is 25.8. The molecule has 0 unspecified atom stereocenters. The third kappa shape index (κ3) is 5.42. The van der Waals surface area contributed by atoms with E-state index in [4.69, 9.17) is 0 Å². The van der Waals surface area contributed by atoms with Gasteiger partial charge in [0.1, 0.15) is 0 Å². The number of benzene rings is 2. The Kier molecular flexibility index (Phi) is 6.48. The summed E-state index contributed by atoms with van der Waals surface area (Å²) in [7, 11) is 0. The van der Waals surface area contributed by atoms with Crippen LogP contribution in [0.3, 0.4) is 0 Å². The molecule has 0 saturated carbocycles. The van der Waals surface area contributed by atoms with Gasteiger partial charge >= 0.3 is 6.18 Å². The molecule has 6 nitrogen and oxygen atoms in total. The van der Waals surface area contributed by atoms with Crippen molar-refractivity contribution in [1.82, 2.24) is 20.4 Å². The van der Waals surface area contributed by atoms with Crippen molar-refractivity contribution in [3.8, 4) is 22.5 Å². The number of hydrogen-bond acceptors (Lipinski definition) is 3. The molecular formula is C24H23F3N4O2. The lowest BCUT2D eigenvalue weighted by atomic mass is 10.1. The molecular weight excluding hydrogens is 433 g/mol. The van der Waals surface area contributed by atoms with Gasteiger partial charge in [0.2, 0.25) is 5.91 Å². The maximum Gasteiger partial charge on any atom is 0.416 e. The van der Waals surface area contributed by atoms with Crippen molar-refractivity contribution in [3.05, 3.63) is 65.7 Å². The fourth-order valence-corrected chi connectivity index (χ4v) is 3.79. The van der Waals surface area contributed by atoms with Crippen LogP contribution in [0.15, 0.2) is 54.6 Å². The number of nitrogens with one attached hydrogen (secondary N) is 2. The maximum atomic E-state index is 13.0. The normalized spacial score (nSPS) is 14.0. The van der Waals surface area contributed by atoms with Gasteiger partial charge in [-0.1, -0.05) is 24.3 Å². The molecule has 2 amide bonds. The van der Waals surface area contributed by atoms with Crippen molar-refractivity contribution in [2.75, 3.05) is 19.6 Å². The highest BCUT2D eigenvalue weighted by Gasteiger charge is 2.30. The van der Waals surface area contributed by atoms with Gasteiger partial charge in [-0.25, -0.2) is 0 Å². The molecule has 0 bridgehead atoms. The second kappa shape index (κ2) is 9.48. The first-order chi connectivity index (χ1) is 15.8. The van der Waals surface area contributed by atoms with E-state index in [0.717, 1.165) is 30.7 Å². The van der Waals surface area contributed by atoms with Gasteiger partial charge in [0.15, 0.2) is 0 Å². The van der Waals surface area contributed by atoms with Crippen LogP contribution in [-0.2, 0) is 11.0 Å². The molecule has 0 aliphatic carbocycles.